The van der Waals surface area contributed by atoms with Crippen LogP contribution >= 0.6 is 15.9 Å². The van der Waals surface area contributed by atoms with E-state index in [1.54, 1.807) is 19.5 Å². The first-order valence-corrected chi connectivity index (χ1v) is 13.5. The number of hydrogen-bond donors (Lipinski definition) is 2. The summed E-state index contributed by atoms with van der Waals surface area (Å²) >= 11 is 3.55. The van der Waals surface area contributed by atoms with Crippen LogP contribution in [0.5, 0.6) is 11.5 Å². The monoisotopic (exact) mass is 564 g/mol. The fraction of sp³-hybridized carbons (Fsp3) is 0.414. The molecule has 4 aliphatic rings. The fourth-order valence-corrected chi connectivity index (χ4v) is 7.65. The Hall–Kier alpha value is -2.49. The van der Waals surface area contributed by atoms with E-state index in [1.807, 2.05) is 42.5 Å². The van der Waals surface area contributed by atoms with Crippen LogP contribution in [-0.2, 0) is 15.9 Å². The van der Waals surface area contributed by atoms with E-state index in [0.717, 1.165) is 22.0 Å². The largest absolute Gasteiger partial charge is 0.495 e. The van der Waals surface area contributed by atoms with Crippen LogP contribution in [-0.4, -0.2) is 65.2 Å². The lowest BCUT2D eigenvalue weighted by Crippen LogP contribution is -2.65. The molecule has 8 heteroatoms. The smallest absolute Gasteiger partial charge is 0.177 e. The van der Waals surface area contributed by atoms with Gasteiger partial charge in [-0.15, -0.1) is 0 Å². The van der Waals surface area contributed by atoms with Gasteiger partial charge in [0, 0.05) is 34.9 Å². The third-order valence-corrected chi connectivity index (χ3v) is 9.50. The van der Waals surface area contributed by atoms with Gasteiger partial charge in [0.15, 0.2) is 11.2 Å². The van der Waals surface area contributed by atoms with Gasteiger partial charge in [0.05, 0.1) is 44.4 Å². The molecule has 2 bridgehead atoms. The van der Waals surface area contributed by atoms with Crippen molar-refractivity contribution in [3.05, 3.63) is 88.2 Å². The average Bonchev–Trinajstić information content (AvgIpc) is 3.31. The van der Waals surface area contributed by atoms with Gasteiger partial charge < -0.3 is 24.4 Å². The van der Waals surface area contributed by atoms with Gasteiger partial charge in [-0.2, -0.15) is 0 Å². The van der Waals surface area contributed by atoms with Gasteiger partial charge in [-0.05, 0) is 29.7 Å². The van der Waals surface area contributed by atoms with E-state index in [9.17, 15) is 10.2 Å². The second-order valence-electron chi connectivity index (χ2n) is 10.6. The zero-order valence-corrected chi connectivity index (χ0v) is 22.0. The first-order chi connectivity index (χ1) is 18.0. The van der Waals surface area contributed by atoms with E-state index in [-0.39, 0.29) is 11.8 Å². The summed E-state index contributed by atoms with van der Waals surface area (Å²) in [6.07, 6.45) is 3.17. The maximum absolute atomic E-state index is 12.9. The number of rotatable bonds is 5. The number of methoxy groups -OCH3 is 1. The quantitative estimate of drug-likeness (QED) is 0.490. The lowest BCUT2D eigenvalue weighted by Gasteiger charge is -2.54. The number of nitrogens with zero attached hydrogens (tertiary/aromatic N) is 2. The van der Waals surface area contributed by atoms with Crippen molar-refractivity contribution in [1.82, 2.24) is 9.88 Å². The fourth-order valence-electron chi connectivity index (χ4n) is 7.39. The van der Waals surface area contributed by atoms with Gasteiger partial charge in [0.1, 0.15) is 11.5 Å². The Morgan fingerprint density at radius 1 is 1.08 bits per heavy atom. The molecule has 2 N–H and O–H groups in total. The number of aliphatic hydroxyl groups excluding tert-OH is 1. The number of pyridine rings is 1. The number of benzene rings is 2. The van der Waals surface area contributed by atoms with E-state index in [1.165, 1.54) is 0 Å². The lowest BCUT2D eigenvalue weighted by atomic mass is 9.70. The van der Waals surface area contributed by atoms with Gasteiger partial charge >= 0.3 is 0 Å². The SMILES string of the molecule is COc1cncc2c1C1(O)C(O)C(CN3[C@@H]4COC[C@H]3C4)C(c3ccccc3)C1(c1ccc(Br)cc1)O2. The second-order valence-corrected chi connectivity index (χ2v) is 11.5. The first-order valence-electron chi connectivity index (χ1n) is 12.8. The van der Waals surface area contributed by atoms with E-state index in [4.69, 9.17) is 14.2 Å². The number of morpholine rings is 1. The Bertz CT molecular complexity index is 1310. The van der Waals surface area contributed by atoms with Crippen LogP contribution in [0, 0.1) is 5.92 Å². The minimum Gasteiger partial charge on any atom is -0.495 e. The van der Waals surface area contributed by atoms with Crippen molar-refractivity contribution in [3.63, 3.8) is 0 Å². The van der Waals surface area contributed by atoms with Gasteiger partial charge in [-0.1, -0.05) is 58.4 Å². The molecule has 7 atom stereocenters. The molecule has 4 heterocycles. The van der Waals surface area contributed by atoms with Crippen LogP contribution in [0.15, 0.2) is 71.5 Å². The highest BCUT2D eigenvalue weighted by molar-refractivity contribution is 9.10. The van der Waals surface area contributed by atoms with E-state index < -0.39 is 17.3 Å². The molecule has 7 nitrogen and oxygen atoms in total. The normalized spacial score (nSPS) is 35.8. The van der Waals surface area contributed by atoms with Crippen LogP contribution in [0.4, 0.5) is 0 Å². The maximum Gasteiger partial charge on any atom is 0.177 e. The third-order valence-electron chi connectivity index (χ3n) is 8.97. The molecule has 3 aliphatic heterocycles. The highest BCUT2D eigenvalue weighted by atomic mass is 79.9. The van der Waals surface area contributed by atoms with Crippen molar-refractivity contribution >= 4 is 15.9 Å². The standard InChI is InChI=1S/C29H29BrN2O5/c1-35-23-12-31-13-24-26(23)28(34)27(33)22(14-32-20-11-21(32)16-36-15-20)25(17-5-3-2-4-6-17)29(28,37-24)18-7-9-19(30)10-8-18/h2-10,12-13,20-22,25,27,33-34H,11,14-16H2,1H3/t20-,21+,22?,25?,27?,28?,29?. The second kappa shape index (κ2) is 8.51. The van der Waals surface area contributed by atoms with Crippen molar-refractivity contribution < 1.29 is 24.4 Å². The molecule has 192 valence electrons. The zero-order valence-electron chi connectivity index (χ0n) is 20.5. The Kier molecular flexibility index (Phi) is 5.43. The maximum atomic E-state index is 12.9. The molecule has 0 amide bonds. The van der Waals surface area contributed by atoms with Crippen LogP contribution in [0.3, 0.4) is 0 Å². The molecule has 5 unspecified atom stereocenters. The lowest BCUT2D eigenvalue weighted by molar-refractivity contribution is -0.158. The molecule has 7 rings (SSSR count). The molecule has 2 aromatic carbocycles. The predicted octanol–water partition coefficient (Wildman–Crippen LogP) is 3.58. The van der Waals surface area contributed by atoms with E-state index in [2.05, 4.69) is 37.9 Å². The Balaban J connectivity index is 1.47. The summed E-state index contributed by atoms with van der Waals surface area (Å²) in [4.78, 5) is 6.75. The summed E-state index contributed by atoms with van der Waals surface area (Å²) < 4.78 is 19.2. The third kappa shape index (κ3) is 3.11. The van der Waals surface area contributed by atoms with E-state index in [0.29, 0.717) is 48.9 Å². The van der Waals surface area contributed by atoms with Crippen molar-refractivity contribution in [2.75, 3.05) is 26.9 Å². The molecule has 37 heavy (non-hydrogen) atoms. The molecule has 3 fully saturated rings. The summed E-state index contributed by atoms with van der Waals surface area (Å²) in [5.74, 6) is 0.164. The number of halogens is 1. The van der Waals surface area contributed by atoms with Gasteiger partial charge in [-0.25, -0.2) is 0 Å². The van der Waals surface area contributed by atoms with Crippen molar-refractivity contribution in [1.29, 1.82) is 0 Å². The van der Waals surface area contributed by atoms with Gasteiger partial charge in [0.2, 0.25) is 0 Å². The minimum atomic E-state index is -1.77. The molecule has 3 aromatic rings. The molecular formula is C29H29BrN2O5. The highest BCUT2D eigenvalue weighted by Crippen LogP contribution is 2.69. The molecule has 1 aliphatic carbocycles. The number of ether oxygens (including phenoxy) is 3. The minimum absolute atomic E-state index is 0.314. The summed E-state index contributed by atoms with van der Waals surface area (Å²) in [6.45, 7) is 2.04. The summed E-state index contributed by atoms with van der Waals surface area (Å²) in [7, 11) is 1.55. The topological polar surface area (TPSA) is 84.3 Å². The Morgan fingerprint density at radius 2 is 1.81 bits per heavy atom. The van der Waals surface area contributed by atoms with E-state index >= 15 is 0 Å². The first kappa shape index (κ1) is 23.6. The zero-order chi connectivity index (χ0) is 25.4. The van der Waals surface area contributed by atoms with Crippen LogP contribution in [0.25, 0.3) is 0 Å². The summed E-state index contributed by atoms with van der Waals surface area (Å²) in [6, 6.07) is 18.6. The predicted molar refractivity (Wildman–Crippen MR) is 140 cm³/mol. The van der Waals surface area contributed by atoms with Crippen LogP contribution in [0.1, 0.15) is 29.0 Å². The molecule has 1 aromatic heterocycles. The van der Waals surface area contributed by atoms with Crippen molar-refractivity contribution in [2.45, 2.75) is 41.7 Å². The molecule has 0 spiro atoms. The number of aromatic nitrogens is 1. The average molecular weight is 565 g/mol. The van der Waals surface area contributed by atoms with Gasteiger partial charge in [0.25, 0.3) is 0 Å². The van der Waals surface area contributed by atoms with Crippen LogP contribution in [0.2, 0.25) is 0 Å². The molecule has 0 radical (unpaired) electrons. The molecule has 1 saturated carbocycles. The van der Waals surface area contributed by atoms with Crippen molar-refractivity contribution in [3.8, 4) is 11.5 Å². The highest BCUT2D eigenvalue weighted by Gasteiger charge is 2.77. The summed E-state index contributed by atoms with van der Waals surface area (Å²) in [5, 5.41) is 25.2. The van der Waals surface area contributed by atoms with Gasteiger partial charge in [-0.3, -0.25) is 9.88 Å². The number of aliphatic hydroxyl groups is 2. The van der Waals surface area contributed by atoms with Crippen molar-refractivity contribution in [2.24, 2.45) is 5.92 Å². The number of hydrogen-bond acceptors (Lipinski definition) is 7. The Morgan fingerprint density at radius 3 is 2.49 bits per heavy atom. The Labute approximate surface area is 224 Å². The molecule has 2 saturated heterocycles. The number of fused-ring (bicyclic) bond motifs is 5. The summed E-state index contributed by atoms with van der Waals surface area (Å²) in [5.41, 5.74) is -0.817. The van der Waals surface area contributed by atoms with Crippen LogP contribution < -0.4 is 9.47 Å². The molecular weight excluding hydrogens is 536 g/mol.